The summed E-state index contributed by atoms with van der Waals surface area (Å²) in [5.41, 5.74) is 9.07. The van der Waals surface area contributed by atoms with Crippen molar-refractivity contribution >= 4 is 8.70 Å². The Bertz CT molecular complexity index is 1030. The van der Waals surface area contributed by atoms with Crippen LogP contribution in [0, 0.1) is 13.8 Å². The predicted molar refractivity (Wildman–Crippen MR) is 131 cm³/mol. The van der Waals surface area contributed by atoms with E-state index in [0.29, 0.717) is 0 Å². The summed E-state index contributed by atoms with van der Waals surface area (Å²) in [5.74, 6) is 0. The van der Waals surface area contributed by atoms with Gasteiger partial charge in [-0.3, -0.25) is 0 Å². The molecule has 0 bridgehead atoms. The normalized spacial score (nSPS) is 13.9. The van der Waals surface area contributed by atoms with Crippen LogP contribution in [0.2, 0.25) is 12.1 Å². The van der Waals surface area contributed by atoms with Gasteiger partial charge in [-0.25, -0.2) is 0 Å². The van der Waals surface area contributed by atoms with Crippen LogP contribution in [0.25, 0.3) is 11.1 Å². The molecule has 0 aromatic heterocycles. The predicted octanol–water partition coefficient (Wildman–Crippen LogP) is 7.55. The summed E-state index contributed by atoms with van der Waals surface area (Å²) < 4.78 is 3.79. The van der Waals surface area contributed by atoms with Crippen molar-refractivity contribution in [2.45, 2.75) is 78.3 Å². The van der Waals surface area contributed by atoms with E-state index in [1.165, 1.54) is 49.7 Å². The first kappa shape index (κ1) is 22.2. The third kappa shape index (κ3) is 4.46. The van der Waals surface area contributed by atoms with Gasteiger partial charge in [-0.05, 0) is 0 Å². The number of benzene rings is 2. The van der Waals surface area contributed by atoms with E-state index in [9.17, 15) is 0 Å². The van der Waals surface area contributed by atoms with Gasteiger partial charge in [-0.1, -0.05) is 0 Å². The minimum absolute atomic E-state index is 0.293. The second-order valence-corrected chi connectivity index (χ2v) is 24.2. The SMILES string of the molecule is CCCC[Si](CCCC)=[Zr]([C]1=CC=CC1)[c]1c(C)ccc2c1Cc1cc(C)ccc1-2. The second-order valence-electron chi connectivity index (χ2n) is 9.13. The van der Waals surface area contributed by atoms with E-state index in [4.69, 9.17) is 0 Å². The number of unbranched alkanes of at least 4 members (excludes halogenated alkanes) is 2. The van der Waals surface area contributed by atoms with Gasteiger partial charge in [0.2, 0.25) is 0 Å². The summed E-state index contributed by atoms with van der Waals surface area (Å²) >= 11 is -1.91. The van der Waals surface area contributed by atoms with Gasteiger partial charge in [0.15, 0.2) is 0 Å². The quantitative estimate of drug-likeness (QED) is 0.285. The minimum atomic E-state index is -1.91. The van der Waals surface area contributed by atoms with Crippen molar-refractivity contribution in [3.05, 3.63) is 74.1 Å². The first-order valence-corrected chi connectivity index (χ1v) is 20.0. The van der Waals surface area contributed by atoms with E-state index in [-0.39, 0.29) is 5.43 Å². The Morgan fingerprint density at radius 2 is 1.67 bits per heavy atom. The number of rotatable bonds is 8. The molecule has 0 nitrogen and oxygen atoms in total. The van der Waals surface area contributed by atoms with E-state index < -0.39 is 20.4 Å². The van der Waals surface area contributed by atoms with Gasteiger partial charge in [0.1, 0.15) is 0 Å². The molecule has 30 heavy (non-hydrogen) atoms. The van der Waals surface area contributed by atoms with Crippen LogP contribution >= 0.6 is 0 Å². The van der Waals surface area contributed by atoms with E-state index in [0.717, 1.165) is 0 Å². The molecule has 2 aromatic rings. The number of fused-ring (bicyclic) bond motifs is 3. The third-order valence-corrected chi connectivity index (χ3v) is 27.1. The fourth-order valence-electron chi connectivity index (χ4n) is 5.22. The molecule has 0 radical (unpaired) electrons. The molecule has 2 aromatic carbocycles. The summed E-state index contributed by atoms with van der Waals surface area (Å²) in [6, 6.07) is 15.1. The molecule has 0 saturated heterocycles. The van der Waals surface area contributed by atoms with Crippen LogP contribution in [-0.4, -0.2) is 5.43 Å². The molecule has 0 amide bonds. The van der Waals surface area contributed by atoms with Crippen molar-refractivity contribution in [2.75, 3.05) is 0 Å². The first-order chi connectivity index (χ1) is 14.6. The van der Waals surface area contributed by atoms with Crippen molar-refractivity contribution in [1.82, 2.24) is 0 Å². The van der Waals surface area contributed by atoms with Crippen LogP contribution in [0.4, 0.5) is 0 Å². The zero-order valence-corrected chi connectivity index (χ0v) is 22.7. The third-order valence-electron chi connectivity index (χ3n) is 6.80. The Morgan fingerprint density at radius 1 is 0.933 bits per heavy atom. The maximum absolute atomic E-state index is 2.54. The average Bonchev–Trinajstić information content (AvgIpc) is 3.38. The Kier molecular flexibility index (Phi) is 7.48. The van der Waals surface area contributed by atoms with E-state index >= 15 is 0 Å². The topological polar surface area (TPSA) is 0 Å². The van der Waals surface area contributed by atoms with Gasteiger partial charge in [0, 0.05) is 0 Å². The molecule has 0 atom stereocenters. The number of hydrogen-bond acceptors (Lipinski definition) is 0. The number of allylic oxidation sites excluding steroid dienone is 4. The Hall–Kier alpha value is -0.980. The van der Waals surface area contributed by atoms with Crippen LogP contribution in [0.3, 0.4) is 0 Å². The van der Waals surface area contributed by atoms with Gasteiger partial charge < -0.3 is 0 Å². The Morgan fingerprint density at radius 3 is 2.33 bits per heavy atom. The fraction of sp³-hybridized carbons (Fsp3) is 0.429. The molecule has 2 aliphatic rings. The van der Waals surface area contributed by atoms with Gasteiger partial charge in [0.05, 0.1) is 0 Å². The van der Waals surface area contributed by atoms with Gasteiger partial charge in [-0.2, -0.15) is 0 Å². The van der Waals surface area contributed by atoms with Crippen LogP contribution in [-0.2, 0) is 26.8 Å². The van der Waals surface area contributed by atoms with Crippen LogP contribution in [0.5, 0.6) is 0 Å². The molecule has 0 saturated carbocycles. The van der Waals surface area contributed by atoms with Crippen LogP contribution in [0.1, 0.15) is 68.2 Å². The molecular formula is C28H36SiZr. The molecule has 156 valence electrons. The van der Waals surface area contributed by atoms with Gasteiger partial charge in [-0.15, -0.1) is 0 Å². The molecule has 4 rings (SSSR count). The number of hydrogen-bond donors (Lipinski definition) is 0. The summed E-state index contributed by atoms with van der Waals surface area (Å²) in [6.45, 7) is 9.42. The maximum atomic E-state index is 2.54. The van der Waals surface area contributed by atoms with Crippen molar-refractivity contribution < 1.29 is 20.4 Å². The molecule has 0 N–H and O–H groups in total. The summed E-state index contributed by atoms with van der Waals surface area (Å²) in [5, 5.41) is 0. The zero-order chi connectivity index (χ0) is 21.1. The van der Waals surface area contributed by atoms with Crippen LogP contribution < -0.4 is 3.27 Å². The number of aryl methyl sites for hydroxylation is 2. The molecular weight excluding hydrogens is 456 g/mol. The Labute approximate surface area is 191 Å². The summed E-state index contributed by atoms with van der Waals surface area (Å²) in [6.07, 6.45) is 15.3. The standard InChI is InChI=1S/C15H13.C8H18Si.C5H5.Zr/c1-10-3-5-14-12(7-10)9-13-8-11(2)4-6-15(13)14;1-3-5-7-9-8-6-4-2;1-2-4-5-3-1;/h3-7H,9H2,1-2H3;3-8H2,1-2H3;1-3H,4H2;. The zero-order valence-electron chi connectivity index (χ0n) is 19.3. The first-order valence-electron chi connectivity index (χ1n) is 11.9. The molecule has 0 spiro atoms. The van der Waals surface area contributed by atoms with Crippen LogP contribution in [0.15, 0.2) is 51.8 Å². The average molecular weight is 492 g/mol. The summed E-state index contributed by atoms with van der Waals surface area (Å²) in [7, 11) is 0. The van der Waals surface area contributed by atoms with E-state index in [1.54, 1.807) is 34.3 Å². The van der Waals surface area contributed by atoms with Crippen molar-refractivity contribution in [3.63, 3.8) is 0 Å². The molecule has 0 aliphatic heterocycles. The van der Waals surface area contributed by atoms with E-state index in [1.807, 2.05) is 6.55 Å². The summed E-state index contributed by atoms with van der Waals surface area (Å²) in [4.78, 5) is 0. The molecule has 0 heterocycles. The van der Waals surface area contributed by atoms with Crippen molar-refractivity contribution in [3.8, 4) is 11.1 Å². The van der Waals surface area contributed by atoms with Crippen molar-refractivity contribution in [2.24, 2.45) is 0 Å². The molecule has 0 fully saturated rings. The molecule has 2 aliphatic carbocycles. The van der Waals surface area contributed by atoms with Gasteiger partial charge >= 0.3 is 193 Å². The molecule has 2 heteroatoms. The van der Waals surface area contributed by atoms with Crippen molar-refractivity contribution in [1.29, 1.82) is 0 Å². The monoisotopic (exact) mass is 490 g/mol. The second kappa shape index (κ2) is 10.1. The fourth-order valence-corrected chi connectivity index (χ4v) is 28.4. The Balaban J connectivity index is 1.91. The van der Waals surface area contributed by atoms with Gasteiger partial charge in [0.25, 0.3) is 0 Å². The molecule has 0 unspecified atom stereocenters. The van der Waals surface area contributed by atoms with E-state index in [2.05, 4.69) is 76.3 Å².